The van der Waals surface area contributed by atoms with Crippen LogP contribution < -0.4 is 10.6 Å². The number of hydrogen-bond acceptors (Lipinski definition) is 2. The maximum atomic E-state index is 11.9. The first-order valence-corrected chi connectivity index (χ1v) is 8.37. The zero-order chi connectivity index (χ0) is 18.2. The number of amides is 1. The van der Waals surface area contributed by atoms with Crippen molar-refractivity contribution in [3.05, 3.63) is 70.2 Å². The molecule has 25 heavy (non-hydrogen) atoms. The Labute approximate surface area is 153 Å². The van der Waals surface area contributed by atoms with Crippen molar-refractivity contribution >= 4 is 23.5 Å². The molecule has 1 amide bonds. The summed E-state index contributed by atoms with van der Waals surface area (Å²) in [6, 6.07) is 15.2. The van der Waals surface area contributed by atoms with E-state index in [4.69, 9.17) is 11.6 Å². The highest BCUT2D eigenvalue weighted by Crippen LogP contribution is 2.09. The lowest BCUT2D eigenvalue weighted by molar-refractivity contribution is 0.0827. The number of halogens is 1. The molecule has 5 nitrogen and oxygen atoms in total. The van der Waals surface area contributed by atoms with E-state index >= 15 is 0 Å². The molecule has 0 radical (unpaired) electrons. The molecule has 0 saturated carbocycles. The Hall–Kier alpha value is -2.53. The fraction of sp³-hybridized carbons (Fsp3) is 0.263. The molecule has 0 spiro atoms. The van der Waals surface area contributed by atoms with Gasteiger partial charge in [-0.3, -0.25) is 9.79 Å². The molecule has 2 aromatic carbocycles. The minimum atomic E-state index is -0.0000462. The van der Waals surface area contributed by atoms with E-state index in [0.29, 0.717) is 24.6 Å². The fourth-order valence-corrected chi connectivity index (χ4v) is 2.34. The molecule has 2 rings (SSSR count). The number of benzene rings is 2. The smallest absolute Gasteiger partial charge is 0.253 e. The van der Waals surface area contributed by atoms with Crippen LogP contribution in [-0.2, 0) is 13.1 Å². The summed E-state index contributed by atoms with van der Waals surface area (Å²) in [4.78, 5) is 17.7. The predicted molar refractivity (Wildman–Crippen MR) is 103 cm³/mol. The molecule has 0 atom stereocenters. The van der Waals surface area contributed by atoms with E-state index in [1.807, 2.05) is 48.5 Å². The zero-order valence-corrected chi connectivity index (χ0v) is 15.5. The zero-order valence-electron chi connectivity index (χ0n) is 14.7. The van der Waals surface area contributed by atoms with Gasteiger partial charge >= 0.3 is 0 Å². The van der Waals surface area contributed by atoms with Gasteiger partial charge in [-0.15, -0.1) is 0 Å². The van der Waals surface area contributed by atoms with Crippen LogP contribution in [0.2, 0.25) is 5.02 Å². The molecule has 0 bridgehead atoms. The monoisotopic (exact) mass is 358 g/mol. The van der Waals surface area contributed by atoms with Crippen LogP contribution in [0, 0.1) is 0 Å². The summed E-state index contributed by atoms with van der Waals surface area (Å²) in [5.74, 6) is 0.711. The van der Waals surface area contributed by atoms with Crippen molar-refractivity contribution in [3.8, 4) is 0 Å². The van der Waals surface area contributed by atoms with Crippen LogP contribution in [0.5, 0.6) is 0 Å². The van der Waals surface area contributed by atoms with Crippen molar-refractivity contribution in [2.24, 2.45) is 4.99 Å². The number of nitrogens with one attached hydrogen (secondary N) is 2. The van der Waals surface area contributed by atoms with Gasteiger partial charge in [-0.1, -0.05) is 35.9 Å². The van der Waals surface area contributed by atoms with E-state index in [1.165, 1.54) is 0 Å². The second-order valence-electron chi connectivity index (χ2n) is 5.80. The normalized spacial score (nSPS) is 11.1. The molecule has 0 fully saturated rings. The van der Waals surface area contributed by atoms with Crippen LogP contribution in [0.15, 0.2) is 53.5 Å². The van der Waals surface area contributed by atoms with Gasteiger partial charge in [0.25, 0.3) is 5.91 Å². The Bertz CT molecular complexity index is 724. The molecule has 6 heteroatoms. The number of hydrogen-bond donors (Lipinski definition) is 2. The first-order chi connectivity index (χ1) is 12.0. The molecule has 0 aliphatic heterocycles. The van der Waals surface area contributed by atoms with Crippen LogP contribution >= 0.6 is 11.6 Å². The van der Waals surface area contributed by atoms with Gasteiger partial charge in [0.15, 0.2) is 5.96 Å². The van der Waals surface area contributed by atoms with E-state index in [-0.39, 0.29) is 5.91 Å². The van der Waals surface area contributed by atoms with E-state index < -0.39 is 0 Å². The molecule has 2 aromatic rings. The summed E-state index contributed by atoms with van der Waals surface area (Å²) < 4.78 is 0. The maximum absolute atomic E-state index is 11.9. The summed E-state index contributed by atoms with van der Waals surface area (Å²) in [7, 11) is 5.22. The quantitative estimate of drug-likeness (QED) is 0.638. The predicted octanol–water partition coefficient (Wildman–Crippen LogP) is 2.91. The van der Waals surface area contributed by atoms with Crippen LogP contribution in [0.3, 0.4) is 0 Å². The Morgan fingerprint density at radius 3 is 1.88 bits per heavy atom. The Kier molecular flexibility index (Phi) is 6.83. The molecule has 2 N–H and O–H groups in total. The first-order valence-electron chi connectivity index (χ1n) is 7.99. The molecule has 0 aliphatic carbocycles. The van der Waals surface area contributed by atoms with Gasteiger partial charge in [0.1, 0.15) is 0 Å². The standard InChI is InChI=1S/C19H23ClN4O/c1-21-19(23-13-15-6-10-17(20)11-7-15)22-12-14-4-8-16(9-5-14)18(25)24(2)3/h4-11H,12-13H2,1-3H3,(H2,21,22,23). The third kappa shape index (κ3) is 5.80. The highest BCUT2D eigenvalue weighted by molar-refractivity contribution is 6.30. The van der Waals surface area contributed by atoms with Gasteiger partial charge in [-0.05, 0) is 35.4 Å². The second-order valence-corrected chi connectivity index (χ2v) is 6.24. The van der Waals surface area contributed by atoms with E-state index in [0.717, 1.165) is 16.1 Å². The lowest BCUT2D eigenvalue weighted by Gasteiger charge is -2.13. The molecule has 0 aromatic heterocycles. The van der Waals surface area contributed by atoms with E-state index in [1.54, 1.807) is 26.0 Å². The summed E-state index contributed by atoms with van der Waals surface area (Å²) in [5.41, 5.74) is 2.88. The van der Waals surface area contributed by atoms with Crippen molar-refractivity contribution in [3.63, 3.8) is 0 Å². The van der Waals surface area contributed by atoms with Gasteiger partial charge in [-0.2, -0.15) is 0 Å². The van der Waals surface area contributed by atoms with Crippen LogP contribution in [0.4, 0.5) is 0 Å². The molecule has 0 unspecified atom stereocenters. The fourth-order valence-electron chi connectivity index (χ4n) is 2.22. The Balaban J connectivity index is 1.86. The molecular formula is C19H23ClN4O. The SMILES string of the molecule is CN=C(NCc1ccc(Cl)cc1)NCc1ccc(C(=O)N(C)C)cc1. The first kappa shape index (κ1) is 18.8. The highest BCUT2D eigenvalue weighted by atomic mass is 35.5. The van der Waals surface area contributed by atoms with Gasteiger partial charge < -0.3 is 15.5 Å². The van der Waals surface area contributed by atoms with Gasteiger partial charge in [-0.25, -0.2) is 0 Å². The lowest BCUT2D eigenvalue weighted by Crippen LogP contribution is -2.36. The number of rotatable bonds is 5. The molecular weight excluding hydrogens is 336 g/mol. The van der Waals surface area contributed by atoms with Crippen molar-refractivity contribution in [1.29, 1.82) is 0 Å². The number of aliphatic imine (C=N–C) groups is 1. The van der Waals surface area contributed by atoms with E-state index in [2.05, 4.69) is 15.6 Å². The van der Waals surface area contributed by atoms with Crippen LogP contribution in [-0.4, -0.2) is 37.9 Å². The number of carbonyl (C=O) groups is 1. The van der Waals surface area contributed by atoms with Gasteiger partial charge in [0.05, 0.1) is 0 Å². The molecule has 0 heterocycles. The topological polar surface area (TPSA) is 56.7 Å². The average molecular weight is 359 g/mol. The Morgan fingerprint density at radius 2 is 1.44 bits per heavy atom. The van der Waals surface area contributed by atoms with Gasteiger partial charge in [0, 0.05) is 44.8 Å². The molecule has 0 saturated heterocycles. The lowest BCUT2D eigenvalue weighted by atomic mass is 10.1. The number of carbonyl (C=O) groups excluding carboxylic acids is 1. The average Bonchev–Trinajstić information content (AvgIpc) is 2.63. The number of guanidine groups is 1. The maximum Gasteiger partial charge on any atom is 0.253 e. The van der Waals surface area contributed by atoms with Crippen molar-refractivity contribution in [2.45, 2.75) is 13.1 Å². The van der Waals surface area contributed by atoms with Crippen molar-refractivity contribution < 1.29 is 4.79 Å². The third-order valence-electron chi connectivity index (χ3n) is 3.66. The number of nitrogens with zero attached hydrogens (tertiary/aromatic N) is 2. The highest BCUT2D eigenvalue weighted by Gasteiger charge is 2.07. The summed E-state index contributed by atoms with van der Waals surface area (Å²) in [6.07, 6.45) is 0. The van der Waals surface area contributed by atoms with Crippen LogP contribution in [0.1, 0.15) is 21.5 Å². The minimum Gasteiger partial charge on any atom is -0.352 e. The van der Waals surface area contributed by atoms with Crippen molar-refractivity contribution in [1.82, 2.24) is 15.5 Å². The third-order valence-corrected chi connectivity index (χ3v) is 3.92. The second kappa shape index (κ2) is 9.08. The summed E-state index contributed by atoms with van der Waals surface area (Å²) in [6.45, 7) is 1.28. The summed E-state index contributed by atoms with van der Waals surface area (Å²) >= 11 is 5.89. The van der Waals surface area contributed by atoms with Gasteiger partial charge in [0.2, 0.25) is 0 Å². The van der Waals surface area contributed by atoms with Crippen molar-refractivity contribution in [2.75, 3.05) is 21.1 Å². The molecule has 132 valence electrons. The Morgan fingerprint density at radius 1 is 0.960 bits per heavy atom. The minimum absolute atomic E-state index is 0.0000462. The molecule has 0 aliphatic rings. The summed E-state index contributed by atoms with van der Waals surface area (Å²) in [5, 5.41) is 7.24. The van der Waals surface area contributed by atoms with Crippen LogP contribution in [0.25, 0.3) is 0 Å². The van der Waals surface area contributed by atoms with E-state index in [9.17, 15) is 4.79 Å². The largest absolute Gasteiger partial charge is 0.352 e.